The van der Waals surface area contributed by atoms with Gasteiger partial charge in [0.1, 0.15) is 0 Å². The minimum Gasteiger partial charge on any atom is -0.421 e. The first kappa shape index (κ1) is 21.2. The number of H-pyrrole nitrogens is 1. The maximum Gasteiger partial charge on any atom is 0.362 e. The molecule has 11 heteroatoms. The molecule has 0 saturated carbocycles. The number of sulfone groups is 1. The molecule has 0 aliphatic carbocycles. The number of rotatable bonds is 5. The predicted molar refractivity (Wildman–Crippen MR) is 117 cm³/mol. The van der Waals surface area contributed by atoms with Gasteiger partial charge in [0.05, 0.1) is 25.7 Å². The number of nitrogens with zero attached hydrogens (tertiary/aromatic N) is 3. The summed E-state index contributed by atoms with van der Waals surface area (Å²) in [4.78, 5) is 28.2. The van der Waals surface area contributed by atoms with Crippen molar-refractivity contribution in [3.8, 4) is 0 Å². The molecule has 0 amide bonds. The number of aromatic nitrogens is 3. The molecule has 0 saturated heterocycles. The number of fused-ring (bicyclic) bond motifs is 2. The van der Waals surface area contributed by atoms with Crippen LogP contribution in [0.15, 0.2) is 62.0 Å². The topological polar surface area (TPSA) is 117 Å². The van der Waals surface area contributed by atoms with Gasteiger partial charge in [0.25, 0.3) is 5.56 Å². The zero-order valence-electron chi connectivity index (χ0n) is 16.7. The van der Waals surface area contributed by atoms with Crippen molar-refractivity contribution in [1.29, 1.82) is 0 Å². The Balaban J connectivity index is 1.93. The Morgan fingerprint density at radius 2 is 1.87 bits per heavy atom. The maximum atomic E-state index is 13.5. The molecule has 0 aliphatic heterocycles. The van der Waals surface area contributed by atoms with Crippen molar-refractivity contribution in [2.45, 2.75) is 16.3 Å². The molecule has 0 spiro atoms. The quantitative estimate of drug-likeness (QED) is 0.437. The Labute approximate surface area is 181 Å². The van der Waals surface area contributed by atoms with E-state index < -0.39 is 21.1 Å². The van der Waals surface area contributed by atoms with Gasteiger partial charge in [-0.3, -0.25) is 4.79 Å². The summed E-state index contributed by atoms with van der Waals surface area (Å²) in [5, 5.41) is 10.1. The van der Waals surface area contributed by atoms with Gasteiger partial charge in [0, 0.05) is 24.8 Å². The van der Waals surface area contributed by atoms with Gasteiger partial charge in [-0.1, -0.05) is 22.4 Å². The second-order valence-electron chi connectivity index (χ2n) is 7.38. The molecular weight excluding hydrogens is 444 g/mol. The second-order valence-corrected chi connectivity index (χ2v) is 9.70. The van der Waals surface area contributed by atoms with Gasteiger partial charge in [-0.25, -0.2) is 13.2 Å². The van der Waals surface area contributed by atoms with Crippen LogP contribution >= 0.6 is 11.6 Å². The highest BCUT2D eigenvalue weighted by Crippen LogP contribution is 2.31. The van der Waals surface area contributed by atoms with E-state index in [4.69, 9.17) is 11.6 Å². The fourth-order valence-corrected chi connectivity index (χ4v) is 5.11. The molecule has 0 unspecified atom stereocenters. The van der Waals surface area contributed by atoms with Crippen LogP contribution in [0.3, 0.4) is 0 Å². The summed E-state index contributed by atoms with van der Waals surface area (Å²) in [5.41, 5.74) is -1.78. The highest BCUT2D eigenvalue weighted by atomic mass is 35.5. The maximum absolute atomic E-state index is 13.5. The van der Waals surface area contributed by atoms with Gasteiger partial charge in [0.15, 0.2) is 0 Å². The zero-order chi connectivity index (χ0) is 22.5. The Morgan fingerprint density at radius 1 is 1.13 bits per heavy atom. The van der Waals surface area contributed by atoms with E-state index in [1.54, 1.807) is 12.1 Å². The number of benzene rings is 2. The van der Waals surface area contributed by atoms with Gasteiger partial charge >= 0.3 is 5.69 Å². The molecule has 0 bridgehead atoms. The molecule has 162 valence electrons. The lowest BCUT2D eigenvalue weighted by Gasteiger charge is -2.12. The summed E-state index contributed by atoms with van der Waals surface area (Å²) in [6, 6.07) is 9.11. The summed E-state index contributed by atoms with van der Waals surface area (Å²) in [6.07, 6.45) is 1.89. The first-order chi connectivity index (χ1) is 14.6. The molecule has 2 N–H and O–H groups in total. The van der Waals surface area contributed by atoms with Crippen LogP contribution in [0.2, 0.25) is 5.02 Å². The highest BCUT2D eigenvalue weighted by molar-refractivity contribution is 7.91. The molecule has 0 aliphatic rings. The smallest absolute Gasteiger partial charge is 0.362 e. The van der Waals surface area contributed by atoms with Crippen LogP contribution in [-0.2, 0) is 16.4 Å². The van der Waals surface area contributed by atoms with E-state index in [2.05, 4.69) is 4.98 Å². The van der Waals surface area contributed by atoms with Crippen LogP contribution < -0.4 is 11.2 Å². The number of aromatic amines is 1. The van der Waals surface area contributed by atoms with Crippen molar-refractivity contribution < 1.29 is 13.6 Å². The van der Waals surface area contributed by atoms with Crippen LogP contribution in [0, 0.1) is 0 Å². The SMILES string of the molecule is CN(C)CCn1ccc2ccc(S(=O)(=O)c3ccc(Cl)c4c(=O)n(O)c(=O)[nH]c34)cc21. The van der Waals surface area contributed by atoms with Crippen molar-refractivity contribution in [1.82, 2.24) is 19.2 Å². The van der Waals surface area contributed by atoms with Crippen molar-refractivity contribution in [3.05, 3.63) is 68.5 Å². The number of hydrogen-bond donors (Lipinski definition) is 2. The summed E-state index contributed by atoms with van der Waals surface area (Å²) in [7, 11) is -0.223. The van der Waals surface area contributed by atoms with Crippen molar-refractivity contribution in [2.24, 2.45) is 0 Å². The Hall–Kier alpha value is -3.08. The van der Waals surface area contributed by atoms with Crippen LogP contribution in [0.25, 0.3) is 21.8 Å². The summed E-state index contributed by atoms with van der Waals surface area (Å²) >= 11 is 6.05. The summed E-state index contributed by atoms with van der Waals surface area (Å²) < 4.78 is 28.7. The van der Waals surface area contributed by atoms with Crippen molar-refractivity contribution >= 4 is 43.2 Å². The minimum atomic E-state index is -4.13. The van der Waals surface area contributed by atoms with Gasteiger partial charge in [-0.15, -0.1) is 0 Å². The van der Waals surface area contributed by atoms with Crippen molar-refractivity contribution in [3.63, 3.8) is 0 Å². The van der Waals surface area contributed by atoms with E-state index in [9.17, 15) is 23.2 Å². The average molecular weight is 463 g/mol. The third-order valence-electron chi connectivity index (χ3n) is 5.08. The number of halogens is 1. The highest BCUT2D eigenvalue weighted by Gasteiger charge is 2.25. The second kappa shape index (κ2) is 7.56. The molecule has 2 aromatic carbocycles. The molecule has 0 fully saturated rings. The first-order valence-electron chi connectivity index (χ1n) is 9.27. The van der Waals surface area contributed by atoms with Gasteiger partial charge in [0.2, 0.25) is 9.84 Å². The van der Waals surface area contributed by atoms with E-state index in [1.165, 1.54) is 18.2 Å². The molecule has 4 aromatic rings. The normalized spacial score (nSPS) is 12.3. The first-order valence-corrected chi connectivity index (χ1v) is 11.1. The minimum absolute atomic E-state index is 0.00227. The molecular formula is C20H19ClN4O5S. The third kappa shape index (κ3) is 3.52. The molecule has 4 rings (SSSR count). The fraction of sp³-hybridized carbons (Fsp3) is 0.200. The van der Waals surface area contributed by atoms with Crippen LogP contribution in [-0.4, -0.2) is 53.4 Å². The largest absolute Gasteiger partial charge is 0.421 e. The molecule has 0 radical (unpaired) electrons. The molecule has 2 heterocycles. The fourth-order valence-electron chi connectivity index (χ4n) is 3.43. The number of likely N-dealkylation sites (N-methyl/N-ethyl adjacent to an activating group) is 1. The van der Waals surface area contributed by atoms with Gasteiger partial charge in [-0.05, 0) is 49.8 Å². The molecule has 9 nitrogen and oxygen atoms in total. The Kier molecular flexibility index (Phi) is 5.16. The van der Waals surface area contributed by atoms with E-state index in [1.807, 2.05) is 35.8 Å². The Morgan fingerprint density at radius 3 is 2.58 bits per heavy atom. The monoisotopic (exact) mass is 462 g/mol. The molecule has 31 heavy (non-hydrogen) atoms. The lowest BCUT2D eigenvalue weighted by Crippen LogP contribution is -2.33. The van der Waals surface area contributed by atoms with E-state index in [0.717, 1.165) is 17.4 Å². The van der Waals surface area contributed by atoms with E-state index >= 15 is 0 Å². The zero-order valence-corrected chi connectivity index (χ0v) is 18.2. The molecule has 2 aromatic heterocycles. The lowest BCUT2D eigenvalue weighted by molar-refractivity contribution is 0.162. The third-order valence-corrected chi connectivity index (χ3v) is 7.19. The number of hydrogen-bond acceptors (Lipinski definition) is 6. The molecule has 0 atom stereocenters. The Bertz CT molecular complexity index is 1550. The van der Waals surface area contributed by atoms with Crippen LogP contribution in [0.4, 0.5) is 0 Å². The van der Waals surface area contributed by atoms with E-state index in [0.29, 0.717) is 6.54 Å². The standard InChI is InChI=1S/C20H19ClN4O5S/c1-23(2)9-10-24-8-7-12-3-4-13(11-15(12)24)31(29,30)16-6-5-14(21)17-18(16)22-20(27)25(28)19(17)26/h3-8,11,28H,9-10H2,1-2H3,(H,22,27). The van der Waals surface area contributed by atoms with Crippen LogP contribution in [0.5, 0.6) is 0 Å². The lowest BCUT2D eigenvalue weighted by atomic mass is 10.2. The predicted octanol–water partition coefficient (Wildman–Crippen LogP) is 1.93. The van der Waals surface area contributed by atoms with Gasteiger partial charge < -0.3 is 19.7 Å². The van der Waals surface area contributed by atoms with Crippen LogP contribution in [0.1, 0.15) is 0 Å². The summed E-state index contributed by atoms with van der Waals surface area (Å²) in [5.74, 6) is 0. The number of nitrogens with one attached hydrogen (secondary N) is 1. The van der Waals surface area contributed by atoms with Gasteiger partial charge in [-0.2, -0.15) is 0 Å². The summed E-state index contributed by atoms with van der Waals surface area (Å²) in [6.45, 7) is 1.45. The van der Waals surface area contributed by atoms with Crippen molar-refractivity contribution in [2.75, 3.05) is 20.6 Å². The van der Waals surface area contributed by atoms with E-state index in [-0.39, 0.29) is 30.4 Å². The average Bonchev–Trinajstić information content (AvgIpc) is 3.12.